The third-order valence-corrected chi connectivity index (χ3v) is 8.24. The molecule has 0 saturated carbocycles. The number of carbonyl (C=O) groups excluding carboxylic acids is 1. The van der Waals surface area contributed by atoms with E-state index in [4.69, 9.17) is 0 Å². The summed E-state index contributed by atoms with van der Waals surface area (Å²) < 4.78 is 29.2. The Hall–Kier alpha value is -4.11. The summed E-state index contributed by atoms with van der Waals surface area (Å²) >= 11 is 0. The molecule has 1 aromatic carbocycles. The smallest absolute Gasteiger partial charge is 0.323 e. The summed E-state index contributed by atoms with van der Waals surface area (Å²) in [6.45, 7) is 2.43. The molecule has 1 fully saturated rings. The molecular formula is C25H31N9O5S. The Bertz CT molecular complexity index is 1500. The molecule has 3 aromatic rings. The monoisotopic (exact) mass is 569 g/mol. The van der Waals surface area contributed by atoms with Gasteiger partial charge < -0.3 is 19.9 Å². The number of anilines is 1. The van der Waals surface area contributed by atoms with Crippen molar-refractivity contribution < 1.29 is 23.1 Å². The highest BCUT2D eigenvalue weighted by Crippen LogP contribution is 2.27. The van der Waals surface area contributed by atoms with E-state index in [0.717, 1.165) is 13.0 Å². The van der Waals surface area contributed by atoms with E-state index in [1.165, 1.54) is 17.2 Å². The molecule has 0 radical (unpaired) electrons. The Labute approximate surface area is 231 Å². The fourth-order valence-corrected chi connectivity index (χ4v) is 6.16. The highest BCUT2D eigenvalue weighted by molar-refractivity contribution is 7.88. The van der Waals surface area contributed by atoms with Crippen molar-refractivity contribution in [2.45, 2.75) is 37.6 Å². The van der Waals surface area contributed by atoms with E-state index in [1.54, 1.807) is 30.3 Å². The van der Waals surface area contributed by atoms with E-state index in [1.807, 2.05) is 4.90 Å². The van der Waals surface area contributed by atoms with Gasteiger partial charge in [0.15, 0.2) is 22.9 Å². The molecule has 0 spiro atoms. The third-order valence-electron chi connectivity index (χ3n) is 6.88. The molecule has 0 aliphatic carbocycles. The number of fused-ring (bicyclic) bond motifs is 1. The first kappa shape index (κ1) is 27.5. The third kappa shape index (κ3) is 6.54. The van der Waals surface area contributed by atoms with Crippen LogP contribution in [0.15, 0.2) is 48.0 Å². The number of guanidine groups is 1. The Balaban J connectivity index is 1.25. The highest BCUT2D eigenvalue weighted by Gasteiger charge is 2.29. The second-order valence-electron chi connectivity index (χ2n) is 9.78. The van der Waals surface area contributed by atoms with Gasteiger partial charge >= 0.3 is 5.97 Å². The molecule has 0 bridgehead atoms. The molecule has 2 aliphatic heterocycles. The van der Waals surface area contributed by atoms with Gasteiger partial charge in [0.05, 0.1) is 18.6 Å². The number of carboxylic acids is 1. The van der Waals surface area contributed by atoms with Crippen molar-refractivity contribution in [2.75, 3.05) is 31.1 Å². The summed E-state index contributed by atoms with van der Waals surface area (Å²) in [7, 11) is -3.93. The lowest BCUT2D eigenvalue weighted by molar-refractivity contribution is -0.139. The summed E-state index contributed by atoms with van der Waals surface area (Å²) in [5, 5.41) is 15.7. The van der Waals surface area contributed by atoms with Crippen LogP contribution < -0.4 is 20.3 Å². The van der Waals surface area contributed by atoms with Crippen molar-refractivity contribution in [3.63, 3.8) is 0 Å². The Kier molecular flexibility index (Phi) is 8.21. The minimum Gasteiger partial charge on any atom is -0.480 e. The van der Waals surface area contributed by atoms with Gasteiger partial charge in [-0.3, -0.25) is 19.9 Å². The number of carboxylic acid groups (broad SMARTS) is 1. The van der Waals surface area contributed by atoms with Crippen LogP contribution in [-0.4, -0.2) is 83.1 Å². The molecule has 0 unspecified atom stereocenters. The summed E-state index contributed by atoms with van der Waals surface area (Å²) in [6.07, 6.45) is 4.99. The summed E-state index contributed by atoms with van der Waals surface area (Å²) in [4.78, 5) is 44.1. The molecule has 1 atom stereocenters. The number of piperidine rings is 1. The number of benzene rings is 1. The van der Waals surface area contributed by atoms with Gasteiger partial charge in [-0.2, -0.15) is 4.72 Å². The van der Waals surface area contributed by atoms with E-state index in [0.29, 0.717) is 61.0 Å². The van der Waals surface area contributed by atoms with E-state index in [2.05, 4.69) is 35.3 Å². The number of aliphatic carboxylic acids is 1. The lowest BCUT2D eigenvalue weighted by Crippen LogP contribution is -2.48. The molecule has 212 valence electrons. The SMILES string of the molecule is O=C(NC1=NCCCN1)C1CCN(c2ncnc3c2ncn3C[C@H](NS(=O)(=O)Cc2ccccc2)C(=O)O)CC1. The number of hydrogen-bond acceptors (Lipinski definition) is 10. The molecule has 4 N–H and O–H groups in total. The van der Waals surface area contributed by atoms with Crippen LogP contribution in [0.4, 0.5) is 5.82 Å². The van der Waals surface area contributed by atoms with Crippen LogP contribution in [0, 0.1) is 5.92 Å². The largest absolute Gasteiger partial charge is 0.480 e. The number of imidazole rings is 1. The first-order valence-corrected chi connectivity index (χ1v) is 14.7. The van der Waals surface area contributed by atoms with Gasteiger partial charge in [-0.05, 0) is 24.8 Å². The standard InChI is InChI=1S/C25H31N9O5S/c35-23(31-25-26-9-4-10-27-25)18-7-11-33(12-8-18)21-20-22(29-15-28-21)34(16-30-20)13-19(24(36)37)32-40(38,39)14-17-5-2-1-3-6-17/h1-3,5-6,15-16,18-19,32H,4,7-14H2,(H,36,37)(H2,26,27,31,35)/t19-/m0/s1. The number of nitrogens with one attached hydrogen (secondary N) is 3. The van der Waals surface area contributed by atoms with Crippen LogP contribution in [0.1, 0.15) is 24.8 Å². The lowest BCUT2D eigenvalue weighted by Gasteiger charge is -2.32. The average Bonchev–Trinajstić information content (AvgIpc) is 3.36. The number of sulfonamides is 1. The van der Waals surface area contributed by atoms with Crippen molar-refractivity contribution in [3.8, 4) is 0 Å². The summed E-state index contributed by atoms with van der Waals surface area (Å²) in [5.41, 5.74) is 1.41. The maximum absolute atomic E-state index is 12.7. The van der Waals surface area contributed by atoms with Gasteiger partial charge in [0, 0.05) is 32.1 Å². The van der Waals surface area contributed by atoms with Crippen LogP contribution in [-0.2, 0) is 31.9 Å². The number of aromatic nitrogens is 4. The predicted octanol–water partition coefficient (Wildman–Crippen LogP) is 0.0810. The second-order valence-corrected chi connectivity index (χ2v) is 11.5. The molecule has 40 heavy (non-hydrogen) atoms. The summed E-state index contributed by atoms with van der Waals surface area (Å²) in [6, 6.07) is 7.10. The molecule has 1 amide bonds. The van der Waals surface area contributed by atoms with E-state index in [9.17, 15) is 23.1 Å². The molecular weight excluding hydrogens is 538 g/mol. The maximum atomic E-state index is 12.7. The molecule has 14 nitrogen and oxygen atoms in total. The van der Waals surface area contributed by atoms with Crippen LogP contribution in [0.2, 0.25) is 0 Å². The zero-order valence-corrected chi connectivity index (χ0v) is 22.5. The fourth-order valence-electron chi connectivity index (χ4n) is 4.84. The minimum absolute atomic E-state index is 0.0562. The summed E-state index contributed by atoms with van der Waals surface area (Å²) in [5.74, 6) is -0.756. The van der Waals surface area contributed by atoms with Gasteiger partial charge in [0.1, 0.15) is 12.4 Å². The van der Waals surface area contributed by atoms with E-state index < -0.39 is 22.0 Å². The normalized spacial score (nSPS) is 17.2. The molecule has 15 heteroatoms. The van der Waals surface area contributed by atoms with Crippen molar-refractivity contribution in [2.24, 2.45) is 10.9 Å². The minimum atomic E-state index is -3.93. The molecule has 2 aliphatic rings. The number of carbonyl (C=O) groups is 2. The van der Waals surface area contributed by atoms with Crippen LogP contribution >= 0.6 is 0 Å². The van der Waals surface area contributed by atoms with Crippen molar-refractivity contribution >= 4 is 44.8 Å². The number of aliphatic imine (C=N–C) groups is 1. The molecule has 1 saturated heterocycles. The Morgan fingerprint density at radius 1 is 1.12 bits per heavy atom. The van der Waals surface area contributed by atoms with Gasteiger partial charge in [-0.1, -0.05) is 30.3 Å². The first-order valence-electron chi connectivity index (χ1n) is 13.1. The zero-order chi connectivity index (χ0) is 28.1. The van der Waals surface area contributed by atoms with E-state index >= 15 is 0 Å². The van der Waals surface area contributed by atoms with Crippen LogP contribution in [0.5, 0.6) is 0 Å². The van der Waals surface area contributed by atoms with Crippen molar-refractivity contribution in [3.05, 3.63) is 48.5 Å². The molecule has 2 aromatic heterocycles. The lowest BCUT2D eigenvalue weighted by atomic mass is 9.96. The number of rotatable bonds is 9. The van der Waals surface area contributed by atoms with Crippen molar-refractivity contribution in [1.29, 1.82) is 0 Å². The number of amides is 1. The molecule has 4 heterocycles. The van der Waals surface area contributed by atoms with Gasteiger partial charge in [0.25, 0.3) is 0 Å². The van der Waals surface area contributed by atoms with Crippen LogP contribution in [0.25, 0.3) is 11.2 Å². The number of nitrogens with zero attached hydrogens (tertiary/aromatic N) is 6. The van der Waals surface area contributed by atoms with Crippen molar-refractivity contribution in [1.82, 2.24) is 34.9 Å². The van der Waals surface area contributed by atoms with Gasteiger partial charge in [0.2, 0.25) is 15.9 Å². The first-order chi connectivity index (χ1) is 19.3. The predicted molar refractivity (Wildman–Crippen MR) is 147 cm³/mol. The van der Waals surface area contributed by atoms with Gasteiger partial charge in [-0.15, -0.1) is 0 Å². The topological polar surface area (TPSA) is 184 Å². The quantitative estimate of drug-likeness (QED) is 0.275. The second kappa shape index (κ2) is 12.0. The highest BCUT2D eigenvalue weighted by atomic mass is 32.2. The van der Waals surface area contributed by atoms with Crippen LogP contribution in [0.3, 0.4) is 0 Å². The van der Waals surface area contributed by atoms with Gasteiger partial charge in [-0.25, -0.2) is 23.4 Å². The average molecular weight is 570 g/mol. The number of hydrogen-bond donors (Lipinski definition) is 4. The maximum Gasteiger partial charge on any atom is 0.323 e. The molecule has 5 rings (SSSR count). The fraction of sp³-hybridized carbons (Fsp3) is 0.440. The van der Waals surface area contributed by atoms with E-state index in [-0.39, 0.29) is 24.1 Å². The Morgan fingerprint density at radius 2 is 1.90 bits per heavy atom. The Morgan fingerprint density at radius 3 is 2.60 bits per heavy atom. The zero-order valence-electron chi connectivity index (χ0n) is 21.7.